The molecule has 8 nitrogen and oxygen atoms in total. The molecule has 0 bridgehead atoms. The molecule has 1 amide bonds. The average Bonchev–Trinajstić information content (AvgIpc) is 2.74. The van der Waals surface area contributed by atoms with E-state index >= 15 is 0 Å². The van der Waals surface area contributed by atoms with Crippen molar-refractivity contribution in [2.24, 2.45) is 0 Å². The van der Waals surface area contributed by atoms with E-state index < -0.39 is 11.9 Å². The zero-order valence-corrected chi connectivity index (χ0v) is 15.8. The van der Waals surface area contributed by atoms with E-state index in [-0.39, 0.29) is 11.5 Å². The molecule has 29 heavy (non-hydrogen) atoms. The van der Waals surface area contributed by atoms with Gasteiger partial charge in [-0.05, 0) is 49.4 Å². The van der Waals surface area contributed by atoms with Crippen LogP contribution in [0.1, 0.15) is 38.1 Å². The van der Waals surface area contributed by atoms with Crippen molar-refractivity contribution >= 4 is 34.9 Å². The molecule has 0 spiro atoms. The minimum atomic E-state index is -0.452. The predicted octanol–water partition coefficient (Wildman–Crippen LogP) is 3.46. The van der Waals surface area contributed by atoms with E-state index in [0.29, 0.717) is 28.3 Å². The van der Waals surface area contributed by atoms with Crippen LogP contribution in [0.3, 0.4) is 0 Å². The van der Waals surface area contributed by atoms with Gasteiger partial charge in [0.05, 0.1) is 12.7 Å². The Morgan fingerprint density at radius 2 is 1.66 bits per heavy atom. The van der Waals surface area contributed by atoms with Gasteiger partial charge in [-0.15, -0.1) is 0 Å². The SMILES string of the molecule is COC(=O)c1cccc(Nc2cc(C(=O)Nc3ccc(C(C)=O)cc3)ncn2)c1. The number of hydrogen-bond donors (Lipinski definition) is 2. The Morgan fingerprint density at radius 3 is 2.34 bits per heavy atom. The lowest BCUT2D eigenvalue weighted by Crippen LogP contribution is -2.14. The molecule has 0 aliphatic carbocycles. The molecule has 0 unspecified atom stereocenters. The van der Waals surface area contributed by atoms with Gasteiger partial charge in [0.2, 0.25) is 0 Å². The van der Waals surface area contributed by atoms with Crippen LogP contribution in [0.5, 0.6) is 0 Å². The predicted molar refractivity (Wildman–Crippen MR) is 107 cm³/mol. The molecular formula is C21H18N4O4. The summed E-state index contributed by atoms with van der Waals surface area (Å²) in [6.07, 6.45) is 1.26. The summed E-state index contributed by atoms with van der Waals surface area (Å²) in [5.74, 6) is -0.536. The Bertz CT molecular complexity index is 1060. The van der Waals surface area contributed by atoms with E-state index in [1.807, 2.05) is 0 Å². The number of rotatable bonds is 6. The lowest BCUT2D eigenvalue weighted by atomic mass is 10.1. The van der Waals surface area contributed by atoms with E-state index in [1.165, 1.54) is 26.4 Å². The Morgan fingerprint density at radius 1 is 0.897 bits per heavy atom. The lowest BCUT2D eigenvalue weighted by Gasteiger charge is -2.09. The molecule has 8 heteroatoms. The first-order chi connectivity index (χ1) is 14.0. The van der Waals surface area contributed by atoms with E-state index in [1.54, 1.807) is 48.5 Å². The average molecular weight is 390 g/mol. The molecular weight excluding hydrogens is 372 g/mol. The first kappa shape index (κ1) is 19.7. The number of ketones is 1. The Balaban J connectivity index is 1.72. The van der Waals surface area contributed by atoms with Crippen LogP contribution in [-0.4, -0.2) is 34.7 Å². The van der Waals surface area contributed by atoms with Crippen molar-refractivity contribution in [2.45, 2.75) is 6.92 Å². The van der Waals surface area contributed by atoms with E-state index in [0.717, 1.165) is 0 Å². The number of anilines is 3. The van der Waals surface area contributed by atoms with Gasteiger partial charge in [-0.2, -0.15) is 0 Å². The van der Waals surface area contributed by atoms with Crippen molar-refractivity contribution in [3.8, 4) is 0 Å². The molecule has 0 aliphatic rings. The van der Waals surface area contributed by atoms with E-state index in [4.69, 9.17) is 4.74 Å². The molecule has 3 aromatic rings. The number of methoxy groups -OCH3 is 1. The fraction of sp³-hybridized carbons (Fsp3) is 0.0952. The number of amides is 1. The standard InChI is InChI=1S/C21H18N4O4/c1-13(26)14-6-8-16(9-7-14)25-20(27)18-11-19(23-12-22-18)24-17-5-3-4-15(10-17)21(28)29-2/h3-12H,1-2H3,(H,25,27)(H,22,23,24). The molecule has 0 radical (unpaired) electrons. The zero-order valence-electron chi connectivity index (χ0n) is 15.8. The number of nitrogens with one attached hydrogen (secondary N) is 2. The highest BCUT2D eigenvalue weighted by atomic mass is 16.5. The van der Waals surface area contributed by atoms with Gasteiger partial charge >= 0.3 is 5.97 Å². The third kappa shape index (κ3) is 5.01. The number of esters is 1. The molecule has 0 saturated heterocycles. The quantitative estimate of drug-likeness (QED) is 0.490. The number of carbonyl (C=O) groups is 3. The highest BCUT2D eigenvalue weighted by Gasteiger charge is 2.11. The van der Waals surface area contributed by atoms with Crippen LogP contribution in [0, 0.1) is 0 Å². The third-order valence-corrected chi connectivity index (χ3v) is 4.01. The van der Waals surface area contributed by atoms with Gasteiger partial charge in [-0.25, -0.2) is 14.8 Å². The summed E-state index contributed by atoms with van der Waals surface area (Å²) in [5, 5.41) is 5.74. The fourth-order valence-corrected chi connectivity index (χ4v) is 2.52. The summed E-state index contributed by atoms with van der Waals surface area (Å²) >= 11 is 0. The molecule has 2 N–H and O–H groups in total. The fourth-order valence-electron chi connectivity index (χ4n) is 2.52. The van der Waals surface area contributed by atoms with Gasteiger partial charge in [-0.3, -0.25) is 9.59 Å². The van der Waals surface area contributed by atoms with Crippen LogP contribution in [0.25, 0.3) is 0 Å². The van der Waals surface area contributed by atoms with E-state index in [2.05, 4.69) is 20.6 Å². The van der Waals surface area contributed by atoms with Crippen LogP contribution < -0.4 is 10.6 Å². The summed E-state index contributed by atoms with van der Waals surface area (Å²) in [6, 6.07) is 14.8. The van der Waals surface area contributed by atoms with Crippen LogP contribution in [0.15, 0.2) is 60.9 Å². The summed E-state index contributed by atoms with van der Waals surface area (Å²) in [6.45, 7) is 1.48. The van der Waals surface area contributed by atoms with Crippen molar-refractivity contribution in [3.63, 3.8) is 0 Å². The van der Waals surface area contributed by atoms with Crippen molar-refractivity contribution in [1.82, 2.24) is 9.97 Å². The normalized spacial score (nSPS) is 10.1. The number of nitrogens with zero attached hydrogens (tertiary/aromatic N) is 2. The summed E-state index contributed by atoms with van der Waals surface area (Å²) in [5.41, 5.74) is 2.25. The monoisotopic (exact) mass is 390 g/mol. The van der Waals surface area contributed by atoms with Crippen molar-refractivity contribution in [1.29, 1.82) is 0 Å². The molecule has 0 fully saturated rings. The Kier molecular flexibility index (Phi) is 5.94. The first-order valence-electron chi connectivity index (χ1n) is 8.66. The molecule has 1 heterocycles. The second-order valence-electron chi connectivity index (χ2n) is 6.07. The highest BCUT2D eigenvalue weighted by molar-refractivity contribution is 6.03. The zero-order chi connectivity index (χ0) is 20.8. The van der Waals surface area contributed by atoms with Crippen LogP contribution in [-0.2, 0) is 4.74 Å². The summed E-state index contributed by atoms with van der Waals surface area (Å²) in [7, 11) is 1.31. The first-order valence-corrected chi connectivity index (χ1v) is 8.66. The van der Waals surface area contributed by atoms with Gasteiger partial charge < -0.3 is 15.4 Å². The number of hydrogen-bond acceptors (Lipinski definition) is 7. The number of carbonyl (C=O) groups excluding carboxylic acids is 3. The maximum atomic E-state index is 12.5. The molecule has 0 atom stereocenters. The van der Waals surface area contributed by atoms with Gasteiger partial charge in [0.1, 0.15) is 17.8 Å². The Hall–Kier alpha value is -4.07. The summed E-state index contributed by atoms with van der Waals surface area (Å²) < 4.78 is 4.71. The van der Waals surface area contributed by atoms with Gasteiger partial charge in [0, 0.05) is 23.0 Å². The van der Waals surface area contributed by atoms with Crippen LogP contribution >= 0.6 is 0 Å². The van der Waals surface area contributed by atoms with Crippen molar-refractivity contribution < 1.29 is 19.1 Å². The highest BCUT2D eigenvalue weighted by Crippen LogP contribution is 2.18. The van der Waals surface area contributed by atoms with Crippen molar-refractivity contribution in [3.05, 3.63) is 77.7 Å². The molecule has 0 saturated carbocycles. The summed E-state index contributed by atoms with van der Waals surface area (Å²) in [4.78, 5) is 43.5. The van der Waals surface area contributed by atoms with E-state index in [9.17, 15) is 14.4 Å². The van der Waals surface area contributed by atoms with Crippen molar-refractivity contribution in [2.75, 3.05) is 17.7 Å². The minimum absolute atomic E-state index is 0.0503. The number of aromatic nitrogens is 2. The topological polar surface area (TPSA) is 110 Å². The number of Topliss-reactive ketones (excluding diaryl/α,β-unsaturated/α-hetero) is 1. The lowest BCUT2D eigenvalue weighted by molar-refractivity contribution is 0.0600. The van der Waals surface area contributed by atoms with Crippen LogP contribution in [0.4, 0.5) is 17.2 Å². The van der Waals surface area contributed by atoms with Crippen LogP contribution in [0.2, 0.25) is 0 Å². The maximum absolute atomic E-state index is 12.5. The van der Waals surface area contributed by atoms with Gasteiger partial charge in [0.25, 0.3) is 5.91 Å². The maximum Gasteiger partial charge on any atom is 0.337 e. The molecule has 2 aromatic carbocycles. The smallest absolute Gasteiger partial charge is 0.337 e. The molecule has 1 aromatic heterocycles. The minimum Gasteiger partial charge on any atom is -0.465 e. The van der Waals surface area contributed by atoms with Gasteiger partial charge in [0.15, 0.2) is 5.78 Å². The third-order valence-electron chi connectivity index (χ3n) is 4.01. The molecule has 3 rings (SSSR count). The Labute approximate surface area is 167 Å². The number of benzene rings is 2. The second kappa shape index (κ2) is 8.75. The second-order valence-corrected chi connectivity index (χ2v) is 6.07. The number of ether oxygens (including phenoxy) is 1. The molecule has 0 aliphatic heterocycles. The molecule has 146 valence electrons. The van der Waals surface area contributed by atoms with Gasteiger partial charge in [-0.1, -0.05) is 6.07 Å². The largest absolute Gasteiger partial charge is 0.465 e.